The predicted octanol–water partition coefficient (Wildman–Crippen LogP) is 18.4. The van der Waals surface area contributed by atoms with Crippen LogP contribution in [0.15, 0.2) is 85.1 Å². The average Bonchev–Trinajstić information content (AvgIpc) is 3.31. The lowest BCUT2D eigenvalue weighted by Crippen LogP contribution is -2.30. The lowest BCUT2D eigenvalue weighted by atomic mass is 10.1. The summed E-state index contributed by atoms with van der Waals surface area (Å²) in [6.45, 7) is 6.45. The number of carbonyl (C=O) groups excluding carboxylic acids is 3. The molecule has 0 aromatic rings. The molecule has 1 unspecified atom stereocenters. The van der Waals surface area contributed by atoms with Gasteiger partial charge in [-0.3, -0.25) is 14.4 Å². The van der Waals surface area contributed by atoms with Gasteiger partial charge in [0.25, 0.3) is 0 Å². The molecule has 378 valence electrons. The van der Waals surface area contributed by atoms with Gasteiger partial charge in [-0.2, -0.15) is 0 Å². The van der Waals surface area contributed by atoms with Gasteiger partial charge in [-0.25, -0.2) is 0 Å². The van der Waals surface area contributed by atoms with E-state index >= 15 is 0 Å². The molecule has 0 aromatic heterocycles. The summed E-state index contributed by atoms with van der Waals surface area (Å²) in [6, 6.07) is 0. The van der Waals surface area contributed by atoms with Gasteiger partial charge in [0.2, 0.25) is 0 Å². The standard InChI is InChI=1S/C60H102O6/c1-4-7-10-13-16-19-22-25-27-29-30-32-33-35-38-41-44-47-50-53-59(62)65-56-57(55-64-58(61)52-49-46-43-40-37-24-21-18-15-12-9-6-3)66-60(63)54-51-48-45-42-39-36-34-31-28-26-23-20-17-14-11-8-5-2/h7,10,16,18-19,21,25-28,34,36,42,45,57H,4-6,8-9,11-15,17,20,22-24,29-33,35,37-41,43-44,46-56H2,1-3H3/b10-7-,19-16-,21-18-,27-25-,28-26-,36-34-,45-42-. The minimum Gasteiger partial charge on any atom is -0.462 e. The summed E-state index contributed by atoms with van der Waals surface area (Å²) in [5.41, 5.74) is 0. The number of rotatable bonds is 49. The summed E-state index contributed by atoms with van der Waals surface area (Å²) < 4.78 is 16.8. The summed E-state index contributed by atoms with van der Waals surface area (Å²) in [6.07, 6.45) is 70.0. The van der Waals surface area contributed by atoms with Crippen molar-refractivity contribution in [3.63, 3.8) is 0 Å². The van der Waals surface area contributed by atoms with Crippen molar-refractivity contribution in [2.45, 2.75) is 264 Å². The molecule has 0 rings (SSSR count). The molecular formula is C60H102O6. The zero-order valence-electron chi connectivity index (χ0n) is 43.2. The molecule has 0 spiro atoms. The van der Waals surface area contributed by atoms with Crippen LogP contribution < -0.4 is 0 Å². The number of hydrogen-bond donors (Lipinski definition) is 0. The molecule has 66 heavy (non-hydrogen) atoms. The van der Waals surface area contributed by atoms with Crippen LogP contribution in [0.2, 0.25) is 0 Å². The van der Waals surface area contributed by atoms with Gasteiger partial charge < -0.3 is 14.2 Å². The molecule has 0 radical (unpaired) electrons. The van der Waals surface area contributed by atoms with Crippen molar-refractivity contribution in [2.24, 2.45) is 0 Å². The summed E-state index contributed by atoms with van der Waals surface area (Å²) in [5.74, 6) is -0.967. The van der Waals surface area contributed by atoms with Crippen LogP contribution in [-0.2, 0) is 28.6 Å². The van der Waals surface area contributed by atoms with E-state index in [1.807, 2.05) is 0 Å². The number of allylic oxidation sites excluding steroid dienone is 14. The topological polar surface area (TPSA) is 78.9 Å². The molecule has 0 amide bonds. The summed E-state index contributed by atoms with van der Waals surface area (Å²) >= 11 is 0. The Hall–Kier alpha value is -3.41. The van der Waals surface area contributed by atoms with Crippen LogP contribution in [0.5, 0.6) is 0 Å². The third-order valence-electron chi connectivity index (χ3n) is 11.6. The Morgan fingerprint density at radius 2 is 0.606 bits per heavy atom. The highest BCUT2D eigenvalue weighted by molar-refractivity contribution is 5.71. The second-order valence-corrected chi connectivity index (χ2v) is 18.1. The van der Waals surface area contributed by atoms with Crippen molar-refractivity contribution >= 4 is 17.9 Å². The molecule has 6 nitrogen and oxygen atoms in total. The molecule has 0 aromatic carbocycles. The third-order valence-corrected chi connectivity index (χ3v) is 11.6. The first kappa shape index (κ1) is 62.6. The second kappa shape index (κ2) is 54.2. The van der Waals surface area contributed by atoms with Gasteiger partial charge >= 0.3 is 17.9 Å². The first-order valence-corrected chi connectivity index (χ1v) is 27.6. The molecule has 0 saturated heterocycles. The maximum absolute atomic E-state index is 12.8. The monoisotopic (exact) mass is 919 g/mol. The molecule has 0 N–H and O–H groups in total. The molecule has 1 atom stereocenters. The Balaban J connectivity index is 4.44. The van der Waals surface area contributed by atoms with Crippen molar-refractivity contribution in [2.75, 3.05) is 13.2 Å². The molecular weight excluding hydrogens is 817 g/mol. The molecule has 0 aliphatic heterocycles. The van der Waals surface area contributed by atoms with Crippen molar-refractivity contribution in [1.82, 2.24) is 0 Å². The SMILES string of the molecule is CC/C=C\C/C=C\C/C=C\CCCCCCCCCCCC(=O)OCC(COC(=O)CCCCCCC/C=C\CCCCC)OC(=O)CCC/C=C\C/C=C\C/C=C\CCCCCCCC. The number of esters is 3. The first-order valence-electron chi connectivity index (χ1n) is 27.6. The van der Waals surface area contributed by atoms with Crippen LogP contribution >= 0.6 is 0 Å². The predicted molar refractivity (Wildman–Crippen MR) is 284 cm³/mol. The number of hydrogen-bond acceptors (Lipinski definition) is 6. The van der Waals surface area contributed by atoms with Crippen LogP contribution in [0.25, 0.3) is 0 Å². The van der Waals surface area contributed by atoms with Gasteiger partial charge in [-0.15, -0.1) is 0 Å². The molecule has 0 aliphatic rings. The van der Waals surface area contributed by atoms with Crippen molar-refractivity contribution in [3.05, 3.63) is 85.1 Å². The zero-order chi connectivity index (χ0) is 47.9. The Morgan fingerprint density at radius 3 is 1.02 bits per heavy atom. The molecule has 0 fully saturated rings. The lowest BCUT2D eigenvalue weighted by molar-refractivity contribution is -0.167. The van der Waals surface area contributed by atoms with Crippen LogP contribution in [0.4, 0.5) is 0 Å². The number of unbranched alkanes of at least 4 members (excludes halogenated alkanes) is 24. The minimum atomic E-state index is -0.808. The lowest BCUT2D eigenvalue weighted by Gasteiger charge is -2.18. The van der Waals surface area contributed by atoms with E-state index in [2.05, 4.69) is 106 Å². The molecule has 0 bridgehead atoms. The molecule has 6 heteroatoms. The minimum absolute atomic E-state index is 0.102. The molecule has 0 aliphatic carbocycles. The van der Waals surface area contributed by atoms with Gasteiger partial charge in [0.15, 0.2) is 6.10 Å². The van der Waals surface area contributed by atoms with Crippen molar-refractivity contribution < 1.29 is 28.6 Å². The summed E-state index contributed by atoms with van der Waals surface area (Å²) in [4.78, 5) is 38.0. The Kier molecular flexibility index (Phi) is 51.4. The Bertz CT molecular complexity index is 1290. The van der Waals surface area contributed by atoms with Gasteiger partial charge in [-0.05, 0) is 109 Å². The maximum atomic E-state index is 12.8. The molecule has 0 heterocycles. The quantitative estimate of drug-likeness (QED) is 0.0262. The normalized spacial score (nSPS) is 12.7. The first-order chi connectivity index (χ1) is 32.5. The fourth-order valence-corrected chi connectivity index (χ4v) is 7.47. The highest BCUT2D eigenvalue weighted by atomic mass is 16.6. The smallest absolute Gasteiger partial charge is 0.306 e. The van der Waals surface area contributed by atoms with E-state index in [9.17, 15) is 14.4 Å². The maximum Gasteiger partial charge on any atom is 0.306 e. The van der Waals surface area contributed by atoms with Gasteiger partial charge in [-0.1, -0.05) is 215 Å². The van der Waals surface area contributed by atoms with E-state index in [-0.39, 0.29) is 37.5 Å². The van der Waals surface area contributed by atoms with Crippen LogP contribution in [-0.4, -0.2) is 37.2 Å². The summed E-state index contributed by atoms with van der Waals surface area (Å²) in [7, 11) is 0. The van der Waals surface area contributed by atoms with E-state index in [1.165, 1.54) is 122 Å². The van der Waals surface area contributed by atoms with Crippen molar-refractivity contribution in [1.29, 1.82) is 0 Å². The van der Waals surface area contributed by atoms with Gasteiger partial charge in [0.1, 0.15) is 13.2 Å². The van der Waals surface area contributed by atoms with E-state index in [0.29, 0.717) is 19.3 Å². The van der Waals surface area contributed by atoms with Gasteiger partial charge in [0, 0.05) is 19.3 Å². The van der Waals surface area contributed by atoms with Gasteiger partial charge in [0.05, 0.1) is 0 Å². The fraction of sp³-hybridized carbons (Fsp3) is 0.717. The van der Waals surface area contributed by atoms with E-state index in [0.717, 1.165) is 89.9 Å². The van der Waals surface area contributed by atoms with Crippen molar-refractivity contribution in [3.8, 4) is 0 Å². The van der Waals surface area contributed by atoms with Crippen LogP contribution in [0.3, 0.4) is 0 Å². The van der Waals surface area contributed by atoms with Crippen LogP contribution in [0.1, 0.15) is 258 Å². The van der Waals surface area contributed by atoms with Crippen LogP contribution in [0, 0.1) is 0 Å². The second-order valence-electron chi connectivity index (χ2n) is 18.1. The Labute approximate surface area is 407 Å². The molecule has 0 saturated carbocycles. The fourth-order valence-electron chi connectivity index (χ4n) is 7.47. The highest BCUT2D eigenvalue weighted by Gasteiger charge is 2.19. The van der Waals surface area contributed by atoms with E-state index in [4.69, 9.17) is 14.2 Å². The largest absolute Gasteiger partial charge is 0.462 e. The number of ether oxygens (including phenoxy) is 3. The number of carbonyl (C=O) groups is 3. The third kappa shape index (κ3) is 51.6. The van der Waals surface area contributed by atoms with E-state index < -0.39 is 6.10 Å². The highest BCUT2D eigenvalue weighted by Crippen LogP contribution is 2.14. The Morgan fingerprint density at radius 1 is 0.318 bits per heavy atom. The zero-order valence-corrected chi connectivity index (χ0v) is 43.2. The van der Waals surface area contributed by atoms with E-state index in [1.54, 1.807) is 0 Å². The average molecular weight is 919 g/mol. The summed E-state index contributed by atoms with van der Waals surface area (Å²) in [5, 5.41) is 0.